The number of nitrogens with one attached hydrogen (secondary N) is 2. The van der Waals surface area contributed by atoms with Crippen molar-refractivity contribution in [2.75, 3.05) is 32.1 Å². The monoisotopic (exact) mass is 281 g/mol. The third kappa shape index (κ3) is 5.66. The number of rotatable bonds is 8. The van der Waals surface area contributed by atoms with Gasteiger partial charge in [-0.05, 0) is 19.1 Å². The molecule has 0 saturated heterocycles. The van der Waals surface area contributed by atoms with E-state index in [-0.39, 0.29) is 17.9 Å². The second-order valence-electron chi connectivity index (χ2n) is 4.21. The number of pyridine rings is 1. The Balaban J connectivity index is 2.42. The molecule has 0 unspecified atom stereocenters. The number of methoxy groups -OCH3 is 1. The van der Waals surface area contributed by atoms with Gasteiger partial charge >= 0.3 is 5.97 Å². The Bertz CT molecular complexity index is 477. The summed E-state index contributed by atoms with van der Waals surface area (Å²) in [5, 5.41) is 14.6. The quantitative estimate of drug-likeness (QED) is 0.605. The molecule has 110 valence electrons. The van der Waals surface area contributed by atoms with Crippen molar-refractivity contribution < 1.29 is 19.4 Å². The largest absolute Gasteiger partial charge is 0.478 e. The maximum absolute atomic E-state index is 11.4. The summed E-state index contributed by atoms with van der Waals surface area (Å²) in [7, 11) is 1.57. The van der Waals surface area contributed by atoms with Gasteiger partial charge in [-0.15, -0.1) is 0 Å². The Kier molecular flexibility index (Phi) is 6.45. The van der Waals surface area contributed by atoms with E-state index in [1.54, 1.807) is 14.0 Å². The van der Waals surface area contributed by atoms with Gasteiger partial charge in [0.25, 0.3) is 0 Å². The predicted octanol–water partition coefficient (Wildman–Crippen LogP) is 0.653. The summed E-state index contributed by atoms with van der Waals surface area (Å²) in [4.78, 5) is 26.5. The third-order valence-corrected chi connectivity index (χ3v) is 2.49. The van der Waals surface area contributed by atoms with Gasteiger partial charge in [-0.25, -0.2) is 9.78 Å². The maximum Gasteiger partial charge on any atom is 0.335 e. The molecule has 0 spiro atoms. The van der Waals surface area contributed by atoms with Crippen molar-refractivity contribution in [1.29, 1.82) is 0 Å². The summed E-state index contributed by atoms with van der Waals surface area (Å²) in [6.07, 6.45) is 0.280. The zero-order valence-corrected chi connectivity index (χ0v) is 11.6. The van der Waals surface area contributed by atoms with Crippen molar-refractivity contribution in [2.45, 2.75) is 13.3 Å². The molecule has 0 saturated carbocycles. The number of carbonyl (C=O) groups excluding carboxylic acids is 1. The van der Waals surface area contributed by atoms with Crippen molar-refractivity contribution in [1.82, 2.24) is 10.3 Å². The highest BCUT2D eigenvalue weighted by atomic mass is 16.5. The molecule has 0 atom stereocenters. The van der Waals surface area contributed by atoms with Crippen LogP contribution in [0.3, 0.4) is 0 Å². The number of aryl methyl sites for hydroxylation is 1. The fourth-order valence-corrected chi connectivity index (χ4v) is 1.57. The molecule has 1 aromatic heterocycles. The standard InChI is InChI=1S/C13H19N3O4/c1-9-7-10(13(18)19)8-11(16-9)14-4-3-12(17)15-5-6-20-2/h7-8H,3-6H2,1-2H3,(H,14,16)(H,15,17)(H,18,19). The van der Waals surface area contributed by atoms with E-state index in [2.05, 4.69) is 15.6 Å². The average molecular weight is 281 g/mol. The minimum absolute atomic E-state index is 0.0966. The summed E-state index contributed by atoms with van der Waals surface area (Å²) in [5.41, 5.74) is 0.779. The molecular weight excluding hydrogens is 262 g/mol. The SMILES string of the molecule is COCCNC(=O)CCNc1cc(C(=O)O)cc(C)n1. The molecule has 1 aromatic rings. The topological polar surface area (TPSA) is 101 Å². The summed E-state index contributed by atoms with van der Waals surface area (Å²) in [6.45, 7) is 3.05. The lowest BCUT2D eigenvalue weighted by Gasteiger charge is -2.08. The van der Waals surface area contributed by atoms with Gasteiger partial charge in [0.1, 0.15) is 5.82 Å². The van der Waals surface area contributed by atoms with Crippen LogP contribution in [0.5, 0.6) is 0 Å². The molecule has 0 aliphatic carbocycles. The first-order valence-electron chi connectivity index (χ1n) is 6.24. The van der Waals surface area contributed by atoms with E-state index in [4.69, 9.17) is 9.84 Å². The molecule has 0 aliphatic heterocycles. The molecule has 0 radical (unpaired) electrons. The van der Waals surface area contributed by atoms with Crippen LogP contribution in [-0.2, 0) is 9.53 Å². The molecule has 1 heterocycles. The lowest BCUT2D eigenvalue weighted by Crippen LogP contribution is -2.28. The van der Waals surface area contributed by atoms with Crippen LogP contribution in [0.4, 0.5) is 5.82 Å². The van der Waals surface area contributed by atoms with Crippen LogP contribution in [0, 0.1) is 6.92 Å². The first kappa shape index (κ1) is 15.9. The van der Waals surface area contributed by atoms with Crippen LogP contribution < -0.4 is 10.6 Å². The smallest absolute Gasteiger partial charge is 0.335 e. The average Bonchev–Trinajstić information content (AvgIpc) is 2.38. The van der Waals surface area contributed by atoms with Gasteiger partial charge in [-0.3, -0.25) is 4.79 Å². The van der Waals surface area contributed by atoms with Crippen molar-refractivity contribution in [3.8, 4) is 0 Å². The molecule has 0 bridgehead atoms. The Morgan fingerprint density at radius 1 is 1.35 bits per heavy atom. The Labute approximate surface area is 117 Å². The lowest BCUT2D eigenvalue weighted by atomic mass is 10.2. The Morgan fingerprint density at radius 2 is 2.10 bits per heavy atom. The van der Waals surface area contributed by atoms with E-state index in [9.17, 15) is 9.59 Å². The number of hydrogen-bond donors (Lipinski definition) is 3. The zero-order valence-electron chi connectivity index (χ0n) is 11.6. The summed E-state index contributed by atoms with van der Waals surface area (Å²) < 4.78 is 4.82. The zero-order chi connectivity index (χ0) is 15.0. The fourth-order valence-electron chi connectivity index (χ4n) is 1.57. The summed E-state index contributed by atoms with van der Waals surface area (Å²) in [5.74, 6) is -0.649. The number of nitrogens with zero attached hydrogens (tertiary/aromatic N) is 1. The van der Waals surface area contributed by atoms with Gasteiger partial charge in [0.15, 0.2) is 0 Å². The molecule has 3 N–H and O–H groups in total. The van der Waals surface area contributed by atoms with Crippen molar-refractivity contribution in [2.24, 2.45) is 0 Å². The first-order chi connectivity index (χ1) is 9.52. The number of ether oxygens (including phenoxy) is 1. The van der Waals surface area contributed by atoms with Gasteiger partial charge in [0, 0.05) is 32.3 Å². The lowest BCUT2D eigenvalue weighted by molar-refractivity contribution is -0.121. The molecule has 0 aliphatic rings. The molecule has 1 amide bonds. The predicted molar refractivity (Wildman–Crippen MR) is 73.9 cm³/mol. The number of anilines is 1. The molecule has 7 nitrogen and oxygen atoms in total. The van der Waals surface area contributed by atoms with Gasteiger partial charge in [0.05, 0.1) is 12.2 Å². The highest BCUT2D eigenvalue weighted by molar-refractivity contribution is 5.88. The molecule has 0 aromatic carbocycles. The van der Waals surface area contributed by atoms with E-state index in [1.807, 2.05) is 0 Å². The Hall–Kier alpha value is -2.15. The summed E-state index contributed by atoms with van der Waals surface area (Å²) in [6, 6.07) is 2.93. The van der Waals surface area contributed by atoms with Gasteiger partial charge in [0.2, 0.25) is 5.91 Å². The molecule has 20 heavy (non-hydrogen) atoms. The van der Waals surface area contributed by atoms with Crippen molar-refractivity contribution >= 4 is 17.7 Å². The highest BCUT2D eigenvalue weighted by Crippen LogP contribution is 2.10. The Morgan fingerprint density at radius 3 is 2.75 bits per heavy atom. The van der Waals surface area contributed by atoms with Crippen LogP contribution in [0.15, 0.2) is 12.1 Å². The number of aromatic nitrogens is 1. The minimum atomic E-state index is -1.00. The van der Waals surface area contributed by atoms with Gasteiger partial charge < -0.3 is 20.5 Å². The molecule has 1 rings (SSSR count). The normalized spacial score (nSPS) is 10.1. The number of carbonyl (C=O) groups is 2. The molecule has 7 heteroatoms. The van der Waals surface area contributed by atoms with Crippen LogP contribution in [-0.4, -0.2) is 48.8 Å². The molecule has 0 fully saturated rings. The van der Waals surface area contributed by atoms with E-state index in [0.717, 1.165) is 0 Å². The molecular formula is C13H19N3O4. The number of hydrogen-bond acceptors (Lipinski definition) is 5. The van der Waals surface area contributed by atoms with Crippen LogP contribution >= 0.6 is 0 Å². The summed E-state index contributed by atoms with van der Waals surface area (Å²) >= 11 is 0. The number of amides is 1. The maximum atomic E-state index is 11.4. The first-order valence-corrected chi connectivity index (χ1v) is 6.24. The van der Waals surface area contributed by atoms with Crippen LogP contribution in [0.25, 0.3) is 0 Å². The van der Waals surface area contributed by atoms with E-state index >= 15 is 0 Å². The second-order valence-corrected chi connectivity index (χ2v) is 4.21. The van der Waals surface area contributed by atoms with Gasteiger partial charge in [-0.1, -0.05) is 0 Å². The number of aromatic carboxylic acids is 1. The number of carboxylic acid groups (broad SMARTS) is 1. The van der Waals surface area contributed by atoms with Crippen molar-refractivity contribution in [3.05, 3.63) is 23.4 Å². The highest BCUT2D eigenvalue weighted by Gasteiger charge is 2.07. The minimum Gasteiger partial charge on any atom is -0.478 e. The second kappa shape index (κ2) is 8.11. The van der Waals surface area contributed by atoms with Gasteiger partial charge in [-0.2, -0.15) is 0 Å². The van der Waals surface area contributed by atoms with E-state index in [0.29, 0.717) is 31.2 Å². The third-order valence-electron chi connectivity index (χ3n) is 2.49. The van der Waals surface area contributed by atoms with Crippen LogP contribution in [0.2, 0.25) is 0 Å². The van der Waals surface area contributed by atoms with E-state index in [1.165, 1.54) is 12.1 Å². The van der Waals surface area contributed by atoms with E-state index < -0.39 is 5.97 Å². The van der Waals surface area contributed by atoms with Crippen LogP contribution in [0.1, 0.15) is 22.5 Å². The number of carboxylic acids is 1. The van der Waals surface area contributed by atoms with Crippen molar-refractivity contribution in [3.63, 3.8) is 0 Å². The fraction of sp³-hybridized carbons (Fsp3) is 0.462.